The number of amides is 1. The number of rotatable bonds is 2. The Morgan fingerprint density at radius 3 is 2.39 bits per heavy atom. The van der Waals surface area contributed by atoms with E-state index in [0.717, 1.165) is 0 Å². The second-order valence-corrected chi connectivity index (χ2v) is 8.21. The van der Waals surface area contributed by atoms with Crippen LogP contribution in [0.1, 0.15) is 20.8 Å². The van der Waals surface area contributed by atoms with Crippen molar-refractivity contribution in [1.82, 2.24) is 14.9 Å². The highest BCUT2D eigenvalue weighted by molar-refractivity contribution is 6.31. The summed E-state index contributed by atoms with van der Waals surface area (Å²) in [5.41, 5.74) is 0.663. The highest BCUT2D eigenvalue weighted by atomic mass is 35.5. The van der Waals surface area contributed by atoms with Crippen LogP contribution < -0.4 is 4.90 Å². The summed E-state index contributed by atoms with van der Waals surface area (Å²) < 4.78 is 18.8. The molecule has 6 nitrogen and oxygen atoms in total. The number of nitrogens with zero attached hydrogens (tertiary/aromatic N) is 4. The van der Waals surface area contributed by atoms with Gasteiger partial charge in [-0.1, -0.05) is 11.6 Å². The van der Waals surface area contributed by atoms with E-state index in [9.17, 15) is 9.18 Å². The first kappa shape index (κ1) is 20.6. The molecule has 3 rings (SSSR count). The van der Waals surface area contributed by atoms with Crippen molar-refractivity contribution in [1.29, 1.82) is 0 Å². The summed E-state index contributed by atoms with van der Waals surface area (Å²) in [5.74, 6) is 0.142. The molecule has 0 bridgehead atoms. The van der Waals surface area contributed by atoms with Gasteiger partial charge < -0.3 is 14.5 Å². The standard InChI is InChI=1S/C19H21Cl2FN4O2/c1-19(2,3)28-18(27)26-8-6-25(7-9-26)16-11-15(23-17(21)24-16)12-4-5-14(22)13(20)10-12/h4-5,10-11H,6-9H2,1-3H3. The third-order valence-electron chi connectivity index (χ3n) is 4.16. The predicted octanol–water partition coefficient (Wildman–Crippen LogP) is 4.65. The van der Waals surface area contributed by atoms with E-state index in [0.29, 0.717) is 43.3 Å². The number of aromatic nitrogens is 2. The highest BCUT2D eigenvalue weighted by Gasteiger charge is 2.26. The number of hydrogen-bond acceptors (Lipinski definition) is 5. The predicted molar refractivity (Wildman–Crippen MR) is 107 cm³/mol. The number of benzene rings is 1. The molecule has 1 aromatic heterocycles. The van der Waals surface area contributed by atoms with Gasteiger partial charge in [0.1, 0.15) is 17.2 Å². The first-order valence-electron chi connectivity index (χ1n) is 8.85. The van der Waals surface area contributed by atoms with Gasteiger partial charge in [0.25, 0.3) is 0 Å². The molecule has 0 aliphatic carbocycles. The third-order valence-corrected chi connectivity index (χ3v) is 4.61. The fourth-order valence-electron chi connectivity index (χ4n) is 2.82. The number of piperazine rings is 1. The Labute approximate surface area is 173 Å². The van der Waals surface area contributed by atoms with Crippen LogP contribution in [0.2, 0.25) is 10.3 Å². The molecule has 1 aliphatic rings. The van der Waals surface area contributed by atoms with Gasteiger partial charge >= 0.3 is 6.09 Å². The number of ether oxygens (including phenoxy) is 1. The van der Waals surface area contributed by atoms with Gasteiger partial charge in [0, 0.05) is 37.8 Å². The average Bonchev–Trinajstić information content (AvgIpc) is 2.62. The first-order chi connectivity index (χ1) is 13.1. The molecule has 1 aromatic carbocycles. The fourth-order valence-corrected chi connectivity index (χ4v) is 3.17. The van der Waals surface area contributed by atoms with Crippen LogP contribution in [-0.2, 0) is 4.74 Å². The SMILES string of the molecule is CC(C)(C)OC(=O)N1CCN(c2cc(-c3ccc(F)c(Cl)c3)nc(Cl)n2)CC1. The zero-order valence-electron chi connectivity index (χ0n) is 15.9. The second-order valence-electron chi connectivity index (χ2n) is 7.46. The molecule has 0 spiro atoms. The zero-order valence-corrected chi connectivity index (χ0v) is 17.4. The summed E-state index contributed by atoms with van der Waals surface area (Å²) in [6.45, 7) is 7.70. The van der Waals surface area contributed by atoms with E-state index < -0.39 is 11.4 Å². The quantitative estimate of drug-likeness (QED) is 0.654. The van der Waals surface area contributed by atoms with Gasteiger partial charge in [-0.15, -0.1) is 0 Å². The van der Waals surface area contributed by atoms with Crippen LogP contribution in [0.5, 0.6) is 0 Å². The van der Waals surface area contributed by atoms with Crippen LogP contribution in [0.15, 0.2) is 24.3 Å². The van der Waals surface area contributed by atoms with Crippen molar-refractivity contribution >= 4 is 35.1 Å². The van der Waals surface area contributed by atoms with Crippen LogP contribution >= 0.6 is 23.2 Å². The number of halogens is 3. The van der Waals surface area contributed by atoms with Gasteiger partial charge in [0.05, 0.1) is 10.7 Å². The second kappa shape index (κ2) is 8.09. The maximum Gasteiger partial charge on any atom is 0.410 e. The van der Waals surface area contributed by atoms with Crippen molar-refractivity contribution in [2.45, 2.75) is 26.4 Å². The van der Waals surface area contributed by atoms with Crippen LogP contribution in [0, 0.1) is 5.82 Å². The Kier molecular flexibility index (Phi) is 5.95. The molecule has 2 heterocycles. The molecule has 0 radical (unpaired) electrons. The molecule has 0 atom stereocenters. The molecular formula is C19H21Cl2FN4O2. The van der Waals surface area contributed by atoms with Crippen molar-refractivity contribution in [3.63, 3.8) is 0 Å². The molecule has 0 unspecified atom stereocenters. The van der Waals surface area contributed by atoms with E-state index in [1.807, 2.05) is 25.7 Å². The molecule has 28 heavy (non-hydrogen) atoms. The van der Waals surface area contributed by atoms with Crippen LogP contribution in [-0.4, -0.2) is 52.7 Å². The van der Waals surface area contributed by atoms with Gasteiger partial charge in [0.2, 0.25) is 5.28 Å². The third kappa shape index (κ3) is 5.02. The van der Waals surface area contributed by atoms with E-state index in [2.05, 4.69) is 9.97 Å². The monoisotopic (exact) mass is 426 g/mol. The minimum atomic E-state index is -0.528. The summed E-state index contributed by atoms with van der Waals surface area (Å²) in [4.78, 5) is 24.4. The lowest BCUT2D eigenvalue weighted by molar-refractivity contribution is 0.0240. The lowest BCUT2D eigenvalue weighted by Gasteiger charge is -2.36. The van der Waals surface area contributed by atoms with Gasteiger partial charge in [-0.3, -0.25) is 0 Å². The average molecular weight is 427 g/mol. The molecule has 1 aliphatic heterocycles. The Bertz CT molecular complexity index is 881. The molecule has 1 saturated heterocycles. The van der Waals surface area contributed by atoms with E-state index in [1.54, 1.807) is 17.0 Å². The Morgan fingerprint density at radius 1 is 1.11 bits per heavy atom. The van der Waals surface area contributed by atoms with Gasteiger partial charge in [-0.2, -0.15) is 0 Å². The summed E-state index contributed by atoms with van der Waals surface area (Å²) in [6.07, 6.45) is -0.325. The number of hydrogen-bond donors (Lipinski definition) is 0. The fraction of sp³-hybridized carbons (Fsp3) is 0.421. The normalized spacial score (nSPS) is 14.9. The molecular weight excluding hydrogens is 406 g/mol. The lowest BCUT2D eigenvalue weighted by Crippen LogP contribution is -2.50. The summed E-state index contributed by atoms with van der Waals surface area (Å²) in [6, 6.07) is 6.15. The van der Waals surface area contributed by atoms with E-state index in [1.165, 1.54) is 12.1 Å². The molecule has 1 fully saturated rings. The largest absolute Gasteiger partial charge is 0.444 e. The molecule has 2 aromatic rings. The number of anilines is 1. The topological polar surface area (TPSA) is 58.6 Å². The van der Waals surface area contributed by atoms with Crippen LogP contribution in [0.3, 0.4) is 0 Å². The molecule has 0 N–H and O–H groups in total. The maximum atomic E-state index is 13.4. The van der Waals surface area contributed by atoms with Crippen molar-refractivity contribution < 1.29 is 13.9 Å². The Morgan fingerprint density at radius 2 is 1.79 bits per heavy atom. The number of carbonyl (C=O) groups is 1. The smallest absolute Gasteiger partial charge is 0.410 e. The summed E-state index contributed by atoms with van der Waals surface area (Å²) in [5, 5.41) is 0.0993. The van der Waals surface area contributed by atoms with Crippen molar-refractivity contribution in [2.24, 2.45) is 0 Å². The van der Waals surface area contributed by atoms with Crippen molar-refractivity contribution in [3.05, 3.63) is 40.4 Å². The zero-order chi connectivity index (χ0) is 20.5. The maximum absolute atomic E-state index is 13.4. The van der Waals surface area contributed by atoms with E-state index in [-0.39, 0.29) is 16.4 Å². The minimum Gasteiger partial charge on any atom is -0.444 e. The van der Waals surface area contributed by atoms with E-state index >= 15 is 0 Å². The van der Waals surface area contributed by atoms with Crippen molar-refractivity contribution in [2.75, 3.05) is 31.1 Å². The Hall–Kier alpha value is -2.12. The van der Waals surface area contributed by atoms with Gasteiger partial charge in [-0.05, 0) is 50.6 Å². The minimum absolute atomic E-state index is 0.0137. The van der Waals surface area contributed by atoms with Gasteiger partial charge in [0.15, 0.2) is 0 Å². The summed E-state index contributed by atoms with van der Waals surface area (Å²) >= 11 is 12.0. The van der Waals surface area contributed by atoms with Crippen LogP contribution in [0.25, 0.3) is 11.3 Å². The Balaban J connectivity index is 1.74. The first-order valence-corrected chi connectivity index (χ1v) is 9.61. The molecule has 1 amide bonds. The van der Waals surface area contributed by atoms with Crippen LogP contribution in [0.4, 0.5) is 15.0 Å². The molecule has 0 saturated carbocycles. The lowest BCUT2D eigenvalue weighted by atomic mass is 10.1. The number of carbonyl (C=O) groups excluding carboxylic acids is 1. The highest BCUT2D eigenvalue weighted by Crippen LogP contribution is 2.27. The van der Waals surface area contributed by atoms with E-state index in [4.69, 9.17) is 27.9 Å². The molecule has 150 valence electrons. The molecule has 9 heteroatoms. The van der Waals surface area contributed by atoms with Gasteiger partial charge in [-0.25, -0.2) is 19.2 Å². The van der Waals surface area contributed by atoms with Crippen molar-refractivity contribution in [3.8, 4) is 11.3 Å². The summed E-state index contributed by atoms with van der Waals surface area (Å²) in [7, 11) is 0.